The molecule has 6 N–H and O–H groups in total. The zero-order chi connectivity index (χ0) is 9.02. The van der Waals surface area contributed by atoms with Crippen LogP contribution in [-0.2, 0) is 4.79 Å². The highest BCUT2D eigenvalue weighted by Gasteiger charge is 2.20. The average Bonchev–Trinajstić information content (AvgIpc) is 1.84. The molecule has 5 nitrogen and oxygen atoms in total. The molecule has 0 amide bonds. The number of hydrogen-bond donors (Lipinski definition) is 4. The molecule has 0 heterocycles. The summed E-state index contributed by atoms with van der Waals surface area (Å²) in [6.45, 7) is 1.62. The van der Waals surface area contributed by atoms with Gasteiger partial charge in [-0.15, -0.1) is 0 Å². The van der Waals surface area contributed by atoms with Crippen LogP contribution in [0.15, 0.2) is 0 Å². The molecule has 0 aliphatic carbocycles. The van der Waals surface area contributed by atoms with Crippen LogP contribution >= 0.6 is 11.8 Å². The molecule has 0 rings (SSSR count). The van der Waals surface area contributed by atoms with Gasteiger partial charge in [0.2, 0.25) is 0 Å². The first kappa shape index (κ1) is 10.2. The molecule has 0 aliphatic rings. The fourth-order valence-electron chi connectivity index (χ4n) is 0.474. The lowest BCUT2D eigenvalue weighted by molar-refractivity contribution is -0.138. The standard InChI is InChI=1S/C5H11N3O2S/c1-2(11-5(7)8)3(6)4(9)10/h2-3H,6H2,1H3,(H3,7,8)(H,9,10)/t2-,3+/m0/s1. The number of thioether (sulfide) groups is 1. The second-order valence-electron chi connectivity index (χ2n) is 2.05. The maximum atomic E-state index is 10.3. The lowest BCUT2D eigenvalue weighted by Crippen LogP contribution is -2.39. The number of aliphatic carboxylic acids is 1. The third-order valence-corrected chi connectivity index (χ3v) is 2.02. The maximum absolute atomic E-state index is 10.3. The highest BCUT2D eigenvalue weighted by atomic mass is 32.2. The van der Waals surface area contributed by atoms with E-state index in [0.29, 0.717) is 0 Å². The summed E-state index contributed by atoms with van der Waals surface area (Å²) in [5, 5.41) is 14.8. The van der Waals surface area contributed by atoms with Crippen molar-refractivity contribution in [1.82, 2.24) is 0 Å². The molecule has 0 spiro atoms. The molecule has 0 saturated heterocycles. The Bertz CT molecular complexity index is 173. The molecule has 0 aromatic carbocycles. The van der Waals surface area contributed by atoms with Crippen molar-refractivity contribution in [2.45, 2.75) is 18.2 Å². The second kappa shape index (κ2) is 4.20. The summed E-state index contributed by atoms with van der Waals surface area (Å²) in [5.74, 6) is -1.08. The fourth-order valence-corrected chi connectivity index (χ4v) is 1.14. The van der Waals surface area contributed by atoms with Gasteiger partial charge in [0, 0.05) is 5.25 Å². The lowest BCUT2D eigenvalue weighted by Gasteiger charge is -2.13. The molecular weight excluding hydrogens is 166 g/mol. The molecule has 0 unspecified atom stereocenters. The number of hydrogen-bond acceptors (Lipinski definition) is 4. The van der Waals surface area contributed by atoms with E-state index >= 15 is 0 Å². The smallest absolute Gasteiger partial charge is 0.321 e. The van der Waals surface area contributed by atoms with Gasteiger partial charge in [0.1, 0.15) is 6.04 Å². The van der Waals surface area contributed by atoms with Crippen LogP contribution in [0.3, 0.4) is 0 Å². The van der Waals surface area contributed by atoms with Crippen molar-refractivity contribution in [2.75, 3.05) is 0 Å². The molecule has 0 radical (unpaired) electrons. The van der Waals surface area contributed by atoms with E-state index in [1.165, 1.54) is 0 Å². The van der Waals surface area contributed by atoms with Crippen LogP contribution in [0.4, 0.5) is 0 Å². The first-order valence-corrected chi connectivity index (χ1v) is 3.82. The minimum atomic E-state index is -1.08. The van der Waals surface area contributed by atoms with Crippen molar-refractivity contribution in [3.63, 3.8) is 0 Å². The van der Waals surface area contributed by atoms with Gasteiger partial charge in [-0.3, -0.25) is 10.2 Å². The van der Waals surface area contributed by atoms with Gasteiger partial charge in [0.25, 0.3) is 0 Å². The predicted octanol–water partition coefficient (Wildman–Crippen LogP) is -0.587. The van der Waals surface area contributed by atoms with Gasteiger partial charge in [-0.05, 0) is 0 Å². The summed E-state index contributed by atoms with van der Waals surface area (Å²) in [5.41, 5.74) is 10.3. The number of carboxylic acid groups (broad SMARTS) is 1. The number of carbonyl (C=O) groups is 1. The SMILES string of the molecule is C[C@H](SC(=N)N)[C@@H](N)C(=O)O. The summed E-state index contributed by atoms with van der Waals surface area (Å²) in [6, 6.07) is -0.969. The van der Waals surface area contributed by atoms with E-state index in [1.54, 1.807) is 6.92 Å². The summed E-state index contributed by atoms with van der Waals surface area (Å²) in [6.07, 6.45) is 0. The van der Waals surface area contributed by atoms with Crippen molar-refractivity contribution in [1.29, 1.82) is 5.41 Å². The Labute approximate surface area is 68.6 Å². The van der Waals surface area contributed by atoms with Crippen LogP contribution in [0.2, 0.25) is 0 Å². The van der Waals surface area contributed by atoms with Crippen molar-refractivity contribution in [3.05, 3.63) is 0 Å². The molecule has 11 heavy (non-hydrogen) atoms. The molecule has 6 heteroatoms. The van der Waals surface area contributed by atoms with E-state index in [2.05, 4.69) is 0 Å². The van der Waals surface area contributed by atoms with Gasteiger partial charge in [0.05, 0.1) is 0 Å². The highest BCUT2D eigenvalue weighted by Crippen LogP contribution is 2.11. The average molecular weight is 177 g/mol. The number of rotatable bonds is 3. The van der Waals surface area contributed by atoms with Crippen LogP contribution in [0.25, 0.3) is 0 Å². The zero-order valence-corrected chi connectivity index (χ0v) is 6.89. The number of amidine groups is 1. The summed E-state index contributed by atoms with van der Waals surface area (Å²) < 4.78 is 0. The van der Waals surface area contributed by atoms with Gasteiger partial charge in [-0.25, -0.2) is 0 Å². The van der Waals surface area contributed by atoms with Gasteiger partial charge < -0.3 is 16.6 Å². The first-order valence-electron chi connectivity index (χ1n) is 2.94. The second-order valence-corrected chi connectivity index (χ2v) is 3.47. The molecular formula is C5H11N3O2S. The van der Waals surface area contributed by atoms with Crippen LogP contribution < -0.4 is 11.5 Å². The van der Waals surface area contributed by atoms with Crippen LogP contribution in [0.5, 0.6) is 0 Å². The van der Waals surface area contributed by atoms with Crippen molar-refractivity contribution >= 4 is 22.9 Å². The van der Waals surface area contributed by atoms with Crippen molar-refractivity contribution in [2.24, 2.45) is 11.5 Å². The molecule has 2 atom stereocenters. The Hall–Kier alpha value is -0.750. The minimum absolute atomic E-state index is 0.116. The molecule has 0 aromatic heterocycles. The highest BCUT2D eigenvalue weighted by molar-refractivity contribution is 8.14. The van der Waals surface area contributed by atoms with E-state index in [4.69, 9.17) is 22.0 Å². The number of nitrogens with one attached hydrogen (secondary N) is 1. The topological polar surface area (TPSA) is 113 Å². The third-order valence-electron chi connectivity index (χ3n) is 1.10. The normalized spacial score (nSPS) is 15.5. The van der Waals surface area contributed by atoms with Crippen molar-refractivity contribution in [3.8, 4) is 0 Å². The molecule has 0 bridgehead atoms. The molecule has 0 saturated carbocycles. The Kier molecular flexibility index (Phi) is 3.91. The van der Waals surface area contributed by atoms with E-state index in [9.17, 15) is 4.79 Å². The lowest BCUT2D eigenvalue weighted by atomic mass is 10.2. The summed E-state index contributed by atoms with van der Waals surface area (Å²) in [4.78, 5) is 10.3. The maximum Gasteiger partial charge on any atom is 0.321 e. The summed E-state index contributed by atoms with van der Waals surface area (Å²) in [7, 11) is 0. The minimum Gasteiger partial charge on any atom is -0.480 e. The quantitative estimate of drug-likeness (QED) is 0.340. The number of carboxylic acids is 1. The fraction of sp³-hybridized carbons (Fsp3) is 0.600. The van der Waals surface area contributed by atoms with Crippen molar-refractivity contribution < 1.29 is 9.90 Å². The van der Waals surface area contributed by atoms with Crippen LogP contribution in [-0.4, -0.2) is 27.5 Å². The Balaban J connectivity index is 3.92. The number of nitrogens with two attached hydrogens (primary N) is 2. The third kappa shape index (κ3) is 3.84. The van der Waals surface area contributed by atoms with Gasteiger partial charge in [-0.2, -0.15) is 0 Å². The van der Waals surface area contributed by atoms with E-state index in [1.807, 2.05) is 0 Å². The van der Waals surface area contributed by atoms with Crippen LogP contribution in [0, 0.1) is 5.41 Å². The molecule has 0 fully saturated rings. The predicted molar refractivity (Wildman–Crippen MR) is 44.6 cm³/mol. The molecule has 64 valence electrons. The van der Waals surface area contributed by atoms with E-state index in [-0.39, 0.29) is 10.4 Å². The van der Waals surface area contributed by atoms with Crippen LogP contribution in [0.1, 0.15) is 6.92 Å². The largest absolute Gasteiger partial charge is 0.480 e. The van der Waals surface area contributed by atoms with Gasteiger partial charge in [0.15, 0.2) is 5.17 Å². The molecule has 0 aliphatic heterocycles. The van der Waals surface area contributed by atoms with E-state index in [0.717, 1.165) is 11.8 Å². The monoisotopic (exact) mass is 177 g/mol. The zero-order valence-electron chi connectivity index (χ0n) is 6.07. The van der Waals surface area contributed by atoms with Gasteiger partial charge >= 0.3 is 5.97 Å². The first-order chi connectivity index (χ1) is 4.95. The van der Waals surface area contributed by atoms with E-state index < -0.39 is 12.0 Å². The Morgan fingerprint density at radius 3 is 2.45 bits per heavy atom. The van der Waals surface area contributed by atoms with Gasteiger partial charge in [-0.1, -0.05) is 18.7 Å². The molecule has 0 aromatic rings. The Morgan fingerprint density at radius 1 is 1.73 bits per heavy atom. The summed E-state index contributed by atoms with van der Waals surface area (Å²) >= 11 is 0.946. The Morgan fingerprint density at radius 2 is 2.18 bits per heavy atom.